The second-order valence-corrected chi connectivity index (χ2v) is 9.10. The van der Waals surface area contributed by atoms with Gasteiger partial charge < -0.3 is 14.5 Å². The topological polar surface area (TPSA) is 70.1 Å². The molecule has 33 heavy (non-hydrogen) atoms. The Labute approximate surface area is 191 Å². The third-order valence-corrected chi connectivity index (χ3v) is 7.22. The fourth-order valence-corrected chi connectivity index (χ4v) is 5.51. The molecule has 0 spiro atoms. The van der Waals surface area contributed by atoms with Crippen molar-refractivity contribution < 1.29 is 9.59 Å². The van der Waals surface area contributed by atoms with Crippen molar-refractivity contribution in [3.05, 3.63) is 72.1 Å². The second kappa shape index (κ2) is 7.74. The van der Waals surface area contributed by atoms with Crippen molar-refractivity contribution in [1.29, 1.82) is 0 Å². The summed E-state index contributed by atoms with van der Waals surface area (Å²) < 4.78 is 2.24. The van der Waals surface area contributed by atoms with Crippen molar-refractivity contribution in [1.82, 2.24) is 19.8 Å². The summed E-state index contributed by atoms with van der Waals surface area (Å²) >= 11 is 0. The van der Waals surface area contributed by atoms with E-state index in [0.29, 0.717) is 17.2 Å². The lowest BCUT2D eigenvalue weighted by molar-refractivity contribution is -0.122. The normalized spacial score (nSPS) is 19.4. The molecular formula is C27H26N4O2. The molecule has 2 N–H and O–H groups in total. The molecule has 4 heterocycles. The van der Waals surface area contributed by atoms with Gasteiger partial charge in [-0.25, -0.2) is 0 Å². The Hall–Kier alpha value is -3.64. The van der Waals surface area contributed by atoms with Crippen molar-refractivity contribution >= 4 is 44.8 Å². The number of carbonyl (C=O) groups excluding carboxylic acids is 2. The van der Waals surface area contributed by atoms with E-state index in [4.69, 9.17) is 0 Å². The molecule has 2 aromatic carbocycles. The molecule has 1 saturated heterocycles. The smallest absolute Gasteiger partial charge is 0.259 e. The Kier molecular flexibility index (Phi) is 4.69. The number of nitrogens with one attached hydrogen (secondary N) is 2. The number of carbonyl (C=O) groups is 2. The fraction of sp³-hybridized carbons (Fsp3) is 0.259. The number of aromatic nitrogens is 2. The van der Waals surface area contributed by atoms with E-state index < -0.39 is 0 Å². The van der Waals surface area contributed by atoms with Gasteiger partial charge in [0.05, 0.1) is 11.1 Å². The van der Waals surface area contributed by atoms with Crippen LogP contribution in [0.3, 0.4) is 0 Å². The zero-order chi connectivity index (χ0) is 22.5. The highest BCUT2D eigenvalue weighted by molar-refractivity contribution is 6.50. The Morgan fingerprint density at radius 3 is 2.45 bits per heavy atom. The number of para-hydroxylation sites is 2. The molecule has 2 aromatic heterocycles. The summed E-state index contributed by atoms with van der Waals surface area (Å²) in [7, 11) is 2.20. The molecular weight excluding hydrogens is 412 g/mol. The average Bonchev–Trinajstić information content (AvgIpc) is 3.57. The first-order valence-electron chi connectivity index (χ1n) is 11.6. The second-order valence-electron chi connectivity index (χ2n) is 9.10. The van der Waals surface area contributed by atoms with Crippen LogP contribution in [0.2, 0.25) is 0 Å². The maximum absolute atomic E-state index is 13.1. The summed E-state index contributed by atoms with van der Waals surface area (Å²) in [5, 5.41) is 4.47. The Bertz CT molecular complexity index is 1440. The molecule has 1 atom stereocenters. The highest BCUT2D eigenvalue weighted by atomic mass is 16.2. The average molecular weight is 439 g/mol. The molecule has 2 aliphatic rings. The van der Waals surface area contributed by atoms with E-state index in [9.17, 15) is 9.59 Å². The molecule has 4 aromatic rings. The quantitative estimate of drug-likeness (QED) is 0.460. The lowest BCUT2D eigenvalue weighted by Gasteiger charge is -2.19. The van der Waals surface area contributed by atoms with Crippen LogP contribution in [0.4, 0.5) is 0 Å². The number of aromatic amines is 1. The maximum Gasteiger partial charge on any atom is 0.259 e. The lowest BCUT2D eigenvalue weighted by Crippen LogP contribution is -2.25. The van der Waals surface area contributed by atoms with Crippen LogP contribution in [0.15, 0.2) is 60.9 Å². The highest BCUT2D eigenvalue weighted by Crippen LogP contribution is 2.38. The fourth-order valence-electron chi connectivity index (χ4n) is 5.51. The van der Waals surface area contributed by atoms with Gasteiger partial charge in [0.2, 0.25) is 0 Å². The van der Waals surface area contributed by atoms with Gasteiger partial charge in [-0.2, -0.15) is 0 Å². The van der Waals surface area contributed by atoms with Crippen LogP contribution in [0.1, 0.15) is 30.4 Å². The predicted molar refractivity (Wildman–Crippen MR) is 130 cm³/mol. The van der Waals surface area contributed by atoms with Gasteiger partial charge in [0.25, 0.3) is 11.8 Å². The summed E-state index contributed by atoms with van der Waals surface area (Å²) in [5.74, 6) is -0.678. The molecule has 2 amide bonds. The molecule has 1 fully saturated rings. The monoisotopic (exact) mass is 438 g/mol. The number of hydrogen-bond donors (Lipinski definition) is 2. The molecule has 166 valence electrons. The van der Waals surface area contributed by atoms with Crippen LogP contribution < -0.4 is 5.32 Å². The number of nitrogens with zero attached hydrogens (tertiary/aromatic N) is 2. The number of likely N-dealkylation sites (tertiary alicyclic amines) is 1. The number of rotatable bonds is 5. The van der Waals surface area contributed by atoms with E-state index >= 15 is 0 Å². The SMILES string of the molecule is CN1CCC[C@H]1CCn1cc(C2=C(c3c[nH]c4ccccc34)C(=O)NC2=O)c2ccccc21. The van der Waals surface area contributed by atoms with Crippen LogP contribution in [-0.2, 0) is 16.1 Å². The number of benzene rings is 2. The summed E-state index contributed by atoms with van der Waals surface area (Å²) in [4.78, 5) is 31.7. The first kappa shape index (κ1) is 20.0. The molecule has 0 saturated carbocycles. The van der Waals surface area contributed by atoms with Crippen LogP contribution in [0, 0.1) is 0 Å². The van der Waals surface area contributed by atoms with Crippen molar-refractivity contribution in [2.75, 3.05) is 13.6 Å². The Morgan fingerprint density at radius 1 is 0.939 bits per heavy atom. The van der Waals surface area contributed by atoms with Gasteiger partial charge >= 0.3 is 0 Å². The number of imide groups is 1. The van der Waals surface area contributed by atoms with E-state index in [0.717, 1.165) is 52.4 Å². The van der Waals surface area contributed by atoms with E-state index in [2.05, 4.69) is 39.1 Å². The molecule has 0 bridgehead atoms. The van der Waals surface area contributed by atoms with E-state index in [1.54, 1.807) is 0 Å². The largest absolute Gasteiger partial charge is 0.361 e. The minimum absolute atomic E-state index is 0.335. The van der Waals surface area contributed by atoms with E-state index in [1.807, 2.05) is 48.7 Å². The summed E-state index contributed by atoms with van der Waals surface area (Å²) in [6, 6.07) is 16.6. The van der Waals surface area contributed by atoms with Gasteiger partial charge in [0.1, 0.15) is 0 Å². The van der Waals surface area contributed by atoms with Crippen molar-refractivity contribution in [2.24, 2.45) is 0 Å². The minimum atomic E-state index is -0.343. The van der Waals surface area contributed by atoms with E-state index in [1.165, 1.54) is 12.8 Å². The molecule has 6 heteroatoms. The van der Waals surface area contributed by atoms with Gasteiger partial charge in [-0.1, -0.05) is 36.4 Å². The summed E-state index contributed by atoms with van der Waals surface area (Å²) in [5.41, 5.74) is 4.50. The van der Waals surface area contributed by atoms with E-state index in [-0.39, 0.29) is 11.8 Å². The summed E-state index contributed by atoms with van der Waals surface area (Å²) in [6.45, 7) is 2.03. The molecule has 0 unspecified atom stereocenters. The Morgan fingerprint density at radius 2 is 1.67 bits per heavy atom. The van der Waals surface area contributed by atoms with Gasteiger partial charge in [-0.05, 0) is 45.0 Å². The van der Waals surface area contributed by atoms with Crippen LogP contribution in [0.25, 0.3) is 33.0 Å². The van der Waals surface area contributed by atoms with Crippen molar-refractivity contribution in [2.45, 2.75) is 31.8 Å². The molecule has 2 aliphatic heterocycles. The van der Waals surface area contributed by atoms with Crippen LogP contribution in [0.5, 0.6) is 0 Å². The molecule has 6 nitrogen and oxygen atoms in total. The molecule has 0 aliphatic carbocycles. The number of amides is 2. The van der Waals surface area contributed by atoms with Crippen molar-refractivity contribution in [3.63, 3.8) is 0 Å². The van der Waals surface area contributed by atoms with Gasteiger partial charge in [-0.3, -0.25) is 14.9 Å². The first-order chi connectivity index (χ1) is 16.1. The lowest BCUT2D eigenvalue weighted by atomic mass is 9.95. The van der Waals surface area contributed by atoms with Crippen molar-refractivity contribution in [3.8, 4) is 0 Å². The molecule has 0 radical (unpaired) electrons. The number of aryl methyl sites for hydroxylation is 1. The highest BCUT2D eigenvalue weighted by Gasteiger charge is 2.35. The third-order valence-electron chi connectivity index (χ3n) is 7.22. The number of hydrogen-bond acceptors (Lipinski definition) is 3. The minimum Gasteiger partial charge on any atom is -0.361 e. The molecule has 6 rings (SSSR count). The first-order valence-corrected chi connectivity index (χ1v) is 11.6. The van der Waals surface area contributed by atoms with Crippen LogP contribution in [-0.4, -0.2) is 45.9 Å². The van der Waals surface area contributed by atoms with Gasteiger partial charge in [0.15, 0.2) is 0 Å². The summed E-state index contributed by atoms with van der Waals surface area (Å²) in [6.07, 6.45) is 7.43. The zero-order valence-corrected chi connectivity index (χ0v) is 18.6. The van der Waals surface area contributed by atoms with Gasteiger partial charge in [-0.15, -0.1) is 0 Å². The Balaban J connectivity index is 1.50. The maximum atomic E-state index is 13.1. The zero-order valence-electron chi connectivity index (χ0n) is 18.6. The van der Waals surface area contributed by atoms with Crippen LogP contribution >= 0.6 is 0 Å². The number of H-pyrrole nitrogens is 1. The predicted octanol–water partition coefficient (Wildman–Crippen LogP) is 4.17. The third kappa shape index (κ3) is 3.21. The number of fused-ring (bicyclic) bond motifs is 2. The van der Waals surface area contributed by atoms with Gasteiger partial charge in [0, 0.05) is 57.9 Å². The standard InChI is InChI=1S/C27H26N4O2/c1-30-13-6-7-17(30)12-14-31-16-21(19-9-3-5-11-23(19)31)25-24(26(32)29-27(25)33)20-15-28-22-10-4-2-8-18(20)22/h2-5,8-11,15-17,28H,6-7,12-14H2,1H3,(H,29,32,33)/t17-/m0/s1.